The zero-order valence-electron chi connectivity index (χ0n) is 17.4. The van der Waals surface area contributed by atoms with Crippen molar-refractivity contribution in [2.24, 2.45) is 0 Å². The molecule has 31 heavy (non-hydrogen) atoms. The van der Waals surface area contributed by atoms with Crippen LogP contribution in [0.4, 0.5) is 4.39 Å². The number of carbonyl (C=O) groups is 1. The van der Waals surface area contributed by atoms with Gasteiger partial charge in [0.25, 0.3) is 0 Å². The number of thiophene rings is 1. The smallest absolute Gasteiger partial charge is 0.217 e. The first kappa shape index (κ1) is 22.1. The largest absolute Gasteiger partial charge is 0.356 e. The van der Waals surface area contributed by atoms with Crippen molar-refractivity contribution in [2.45, 2.75) is 42.9 Å². The van der Waals surface area contributed by atoms with Gasteiger partial charge in [-0.05, 0) is 63.2 Å². The molecule has 1 fully saturated rings. The first-order valence-corrected chi connectivity index (χ1v) is 12.6. The van der Waals surface area contributed by atoms with Crippen LogP contribution in [0.1, 0.15) is 42.7 Å². The van der Waals surface area contributed by atoms with Crippen molar-refractivity contribution in [3.63, 3.8) is 0 Å². The maximum atomic E-state index is 13.4. The molecule has 0 spiro atoms. The normalized spacial score (nSPS) is 16.6. The number of carbonyl (C=O) groups excluding carboxylic acids is 1. The van der Waals surface area contributed by atoms with Gasteiger partial charge in [-0.1, -0.05) is 5.16 Å². The lowest BCUT2D eigenvalue weighted by atomic mass is 9.91. The van der Waals surface area contributed by atoms with Gasteiger partial charge in [0.1, 0.15) is 5.82 Å². The average molecular weight is 464 g/mol. The third-order valence-corrected chi connectivity index (χ3v) is 8.55. The zero-order chi connectivity index (χ0) is 21.8. The Labute approximate surface area is 187 Å². The Kier molecular flexibility index (Phi) is 7.14. The van der Waals surface area contributed by atoms with E-state index in [4.69, 9.17) is 4.52 Å². The maximum Gasteiger partial charge on any atom is 0.217 e. The highest BCUT2D eigenvalue weighted by molar-refractivity contribution is 7.87. The summed E-state index contributed by atoms with van der Waals surface area (Å²) in [7, 11) is -1.00. The van der Waals surface area contributed by atoms with Gasteiger partial charge in [0.2, 0.25) is 5.91 Å². The summed E-state index contributed by atoms with van der Waals surface area (Å²) in [6.45, 7) is 4.83. The van der Waals surface area contributed by atoms with Crippen molar-refractivity contribution >= 4 is 39.0 Å². The molecule has 3 heterocycles. The summed E-state index contributed by atoms with van der Waals surface area (Å²) in [6.07, 6.45) is 2.85. The van der Waals surface area contributed by atoms with Crippen molar-refractivity contribution in [3.8, 4) is 0 Å². The lowest BCUT2D eigenvalue weighted by Gasteiger charge is -2.31. The predicted molar refractivity (Wildman–Crippen MR) is 120 cm³/mol. The number of piperidine rings is 1. The quantitative estimate of drug-likeness (QED) is 0.546. The lowest BCUT2D eigenvalue weighted by molar-refractivity contribution is -0.119. The molecular weight excluding hydrogens is 437 g/mol. The van der Waals surface area contributed by atoms with E-state index in [1.165, 1.54) is 30.4 Å². The van der Waals surface area contributed by atoms with E-state index in [0.717, 1.165) is 59.1 Å². The molecule has 1 amide bonds. The fourth-order valence-corrected chi connectivity index (χ4v) is 6.39. The van der Waals surface area contributed by atoms with Gasteiger partial charge in [-0.15, -0.1) is 11.3 Å². The van der Waals surface area contributed by atoms with E-state index >= 15 is 0 Å². The van der Waals surface area contributed by atoms with Crippen molar-refractivity contribution in [1.29, 1.82) is 0 Å². The number of likely N-dealkylation sites (tertiary alicyclic amines) is 1. The highest BCUT2D eigenvalue weighted by Crippen LogP contribution is 2.32. The Morgan fingerprint density at radius 3 is 2.90 bits per heavy atom. The monoisotopic (exact) mass is 463 g/mol. The summed E-state index contributed by atoms with van der Waals surface area (Å²) in [4.78, 5) is 14.4. The Hall–Kier alpha value is -2.10. The van der Waals surface area contributed by atoms with E-state index in [1.54, 1.807) is 6.07 Å². The Morgan fingerprint density at radius 1 is 1.32 bits per heavy atom. The molecule has 1 saturated heterocycles. The fraction of sp³-hybridized carbons (Fsp3) is 0.455. The van der Waals surface area contributed by atoms with Crippen LogP contribution >= 0.6 is 11.3 Å². The number of rotatable bonds is 8. The zero-order valence-corrected chi connectivity index (χ0v) is 19.1. The summed E-state index contributed by atoms with van der Waals surface area (Å²) in [6, 6.07) is 8.43. The molecule has 1 N–H and O–H groups in total. The van der Waals surface area contributed by atoms with Crippen LogP contribution in [0.5, 0.6) is 0 Å². The van der Waals surface area contributed by atoms with Gasteiger partial charge in [0.05, 0.1) is 27.2 Å². The van der Waals surface area contributed by atoms with Gasteiger partial charge in [-0.25, -0.2) is 4.39 Å². The summed E-state index contributed by atoms with van der Waals surface area (Å²) >= 11 is 1.50. The number of nitrogens with one attached hydrogen (secondary N) is 1. The summed E-state index contributed by atoms with van der Waals surface area (Å²) in [5.74, 6) is 0.587. The summed E-state index contributed by atoms with van der Waals surface area (Å²) in [5.41, 5.74) is 1.44. The second-order valence-corrected chi connectivity index (χ2v) is 10.8. The topological polar surface area (TPSA) is 75.4 Å². The minimum absolute atomic E-state index is 0.0644. The molecule has 2 aromatic heterocycles. The van der Waals surface area contributed by atoms with Crippen LogP contribution < -0.4 is 5.32 Å². The molecule has 0 saturated carbocycles. The van der Waals surface area contributed by atoms with Gasteiger partial charge in [0, 0.05) is 34.9 Å². The van der Waals surface area contributed by atoms with Crippen LogP contribution in [0.3, 0.4) is 0 Å². The van der Waals surface area contributed by atoms with Crippen molar-refractivity contribution < 1.29 is 17.9 Å². The Balaban J connectivity index is 1.21. The molecule has 9 heteroatoms. The molecular formula is C22H26FN3O3S2. The highest BCUT2D eigenvalue weighted by atomic mass is 32.2. The number of aromatic nitrogens is 1. The van der Waals surface area contributed by atoms with E-state index in [-0.39, 0.29) is 11.7 Å². The molecule has 3 aromatic rings. The standard InChI is InChI=1S/C22H26FN3O3S2/c1-15(27)24-14-18-4-6-21(30-18)31(28)12-2-9-26-10-7-16(8-11-26)22-19-5-3-17(23)13-20(19)29-25-22/h3-6,13,16H,2,7-12,14H2,1H3,(H,24,27). The number of benzene rings is 1. The van der Waals surface area contributed by atoms with Crippen LogP contribution in [-0.4, -0.2) is 45.6 Å². The number of hydrogen-bond donors (Lipinski definition) is 1. The highest BCUT2D eigenvalue weighted by Gasteiger charge is 2.25. The number of nitrogens with zero attached hydrogens (tertiary/aromatic N) is 2. The third kappa shape index (κ3) is 5.58. The maximum absolute atomic E-state index is 13.4. The number of halogens is 1. The molecule has 1 atom stereocenters. The van der Waals surface area contributed by atoms with Gasteiger partial charge in [0.15, 0.2) is 5.58 Å². The van der Waals surface area contributed by atoms with E-state index in [0.29, 0.717) is 23.8 Å². The molecule has 1 aliphatic heterocycles. The lowest BCUT2D eigenvalue weighted by Crippen LogP contribution is -2.34. The van der Waals surface area contributed by atoms with Crippen molar-refractivity contribution in [1.82, 2.24) is 15.4 Å². The summed E-state index contributed by atoms with van der Waals surface area (Å²) in [5, 5.41) is 7.88. The molecule has 0 radical (unpaired) electrons. The third-order valence-electron chi connectivity index (χ3n) is 5.61. The molecule has 6 nitrogen and oxygen atoms in total. The SMILES string of the molecule is CC(=O)NCc1ccc(S(=O)CCCN2CCC(c3noc4cc(F)ccc34)CC2)s1. The van der Waals surface area contributed by atoms with E-state index in [2.05, 4.69) is 15.4 Å². The Morgan fingerprint density at radius 2 is 2.13 bits per heavy atom. The molecule has 1 unspecified atom stereocenters. The minimum atomic E-state index is -1.00. The average Bonchev–Trinajstić information content (AvgIpc) is 3.39. The predicted octanol–water partition coefficient (Wildman–Crippen LogP) is 4.04. The van der Waals surface area contributed by atoms with Gasteiger partial charge >= 0.3 is 0 Å². The van der Waals surface area contributed by atoms with Crippen LogP contribution in [0.15, 0.2) is 39.1 Å². The van der Waals surface area contributed by atoms with Crippen LogP contribution in [0.25, 0.3) is 11.0 Å². The van der Waals surface area contributed by atoms with Gasteiger partial charge < -0.3 is 14.7 Å². The number of hydrogen-bond acceptors (Lipinski definition) is 6. The molecule has 4 rings (SSSR count). The first-order valence-electron chi connectivity index (χ1n) is 10.5. The number of amides is 1. The Bertz CT molecular complexity index is 1070. The second kappa shape index (κ2) is 10.0. The van der Waals surface area contributed by atoms with E-state index in [9.17, 15) is 13.4 Å². The van der Waals surface area contributed by atoms with E-state index in [1.807, 2.05) is 12.1 Å². The number of fused-ring (bicyclic) bond motifs is 1. The molecule has 0 aliphatic carbocycles. The van der Waals surface area contributed by atoms with Crippen LogP contribution in [0.2, 0.25) is 0 Å². The van der Waals surface area contributed by atoms with Gasteiger partial charge in [-0.3, -0.25) is 9.00 Å². The van der Waals surface area contributed by atoms with Crippen molar-refractivity contribution in [2.75, 3.05) is 25.4 Å². The molecule has 0 bridgehead atoms. The van der Waals surface area contributed by atoms with E-state index < -0.39 is 10.8 Å². The van der Waals surface area contributed by atoms with Gasteiger partial charge in [-0.2, -0.15) is 0 Å². The molecule has 166 valence electrons. The van der Waals surface area contributed by atoms with Crippen molar-refractivity contribution in [3.05, 3.63) is 46.7 Å². The minimum Gasteiger partial charge on any atom is -0.356 e. The molecule has 1 aliphatic rings. The second-order valence-electron chi connectivity index (χ2n) is 7.86. The summed E-state index contributed by atoms with van der Waals surface area (Å²) < 4.78 is 32.1. The van der Waals surface area contributed by atoms with Crippen LogP contribution in [0, 0.1) is 5.82 Å². The fourth-order valence-electron chi connectivity index (χ4n) is 3.96. The van der Waals surface area contributed by atoms with Crippen LogP contribution in [-0.2, 0) is 22.1 Å². The first-order chi connectivity index (χ1) is 15.0. The molecule has 1 aromatic carbocycles.